The molecule has 3 rings (SSSR count). The van der Waals surface area contributed by atoms with Crippen LogP contribution in [0.25, 0.3) is 0 Å². The Morgan fingerprint density at radius 2 is 1.76 bits per heavy atom. The van der Waals surface area contributed by atoms with Gasteiger partial charge in [0.1, 0.15) is 0 Å². The van der Waals surface area contributed by atoms with Crippen molar-refractivity contribution < 1.29 is 4.79 Å². The zero-order chi connectivity index (χ0) is 17.9. The van der Waals surface area contributed by atoms with Gasteiger partial charge in [0, 0.05) is 24.7 Å². The van der Waals surface area contributed by atoms with Gasteiger partial charge in [-0.15, -0.1) is 0 Å². The molecule has 0 atom stereocenters. The van der Waals surface area contributed by atoms with Crippen molar-refractivity contribution in [2.24, 2.45) is 0 Å². The average Bonchev–Trinajstić information content (AvgIpc) is 3.03. The first-order valence-corrected chi connectivity index (χ1v) is 8.26. The fourth-order valence-corrected chi connectivity index (χ4v) is 2.57. The first-order valence-electron chi connectivity index (χ1n) is 8.26. The lowest BCUT2D eigenvalue weighted by molar-refractivity contribution is -0.120. The summed E-state index contributed by atoms with van der Waals surface area (Å²) in [7, 11) is 0. The molecule has 0 saturated carbocycles. The van der Waals surface area contributed by atoms with Crippen LogP contribution in [0.4, 0.5) is 5.82 Å². The Hall–Kier alpha value is -2.95. The molecule has 0 unspecified atom stereocenters. The van der Waals surface area contributed by atoms with Crippen LogP contribution < -0.4 is 5.32 Å². The van der Waals surface area contributed by atoms with Crippen LogP contribution in [0.3, 0.4) is 0 Å². The molecular formula is C20H22N4O. The van der Waals surface area contributed by atoms with Crippen LogP contribution >= 0.6 is 0 Å². The molecule has 1 amide bonds. The minimum Gasteiger partial charge on any atom is -0.308 e. The summed E-state index contributed by atoms with van der Waals surface area (Å²) < 4.78 is 1.80. The van der Waals surface area contributed by atoms with E-state index in [0.717, 1.165) is 11.1 Å². The van der Waals surface area contributed by atoms with Crippen LogP contribution in [0.5, 0.6) is 0 Å². The van der Waals surface area contributed by atoms with Crippen molar-refractivity contribution in [2.45, 2.75) is 32.7 Å². The smallest absolute Gasteiger partial charge is 0.235 e. The predicted molar refractivity (Wildman–Crippen MR) is 98.4 cm³/mol. The Labute approximate surface area is 147 Å². The molecule has 0 spiro atoms. The van der Waals surface area contributed by atoms with Gasteiger partial charge in [0.2, 0.25) is 5.91 Å². The second-order valence-electron chi connectivity index (χ2n) is 6.70. The summed E-state index contributed by atoms with van der Waals surface area (Å²) in [6.07, 6.45) is 5.37. The van der Waals surface area contributed by atoms with Crippen molar-refractivity contribution in [3.63, 3.8) is 0 Å². The van der Waals surface area contributed by atoms with E-state index in [-0.39, 0.29) is 5.91 Å². The maximum absolute atomic E-state index is 12.7. The molecule has 3 aromatic rings. The van der Waals surface area contributed by atoms with Crippen LogP contribution in [0, 0.1) is 6.92 Å². The third-order valence-corrected chi connectivity index (χ3v) is 4.32. The lowest BCUT2D eigenvalue weighted by Crippen LogP contribution is -2.34. The van der Waals surface area contributed by atoms with Crippen LogP contribution in [0.2, 0.25) is 0 Å². The first kappa shape index (κ1) is 16.9. The molecule has 1 aromatic carbocycles. The number of aryl methyl sites for hydroxylation is 1. The lowest BCUT2D eigenvalue weighted by atomic mass is 9.83. The van der Waals surface area contributed by atoms with Gasteiger partial charge in [0.05, 0.1) is 12.0 Å². The second-order valence-corrected chi connectivity index (χ2v) is 6.70. The predicted octanol–water partition coefficient (Wildman–Crippen LogP) is 3.55. The summed E-state index contributed by atoms with van der Waals surface area (Å²) in [5, 5.41) is 7.35. The van der Waals surface area contributed by atoms with Gasteiger partial charge < -0.3 is 5.32 Å². The summed E-state index contributed by atoms with van der Waals surface area (Å²) in [4.78, 5) is 16.7. The van der Waals surface area contributed by atoms with Crippen LogP contribution in [0.15, 0.2) is 61.1 Å². The highest BCUT2D eigenvalue weighted by atomic mass is 16.2. The van der Waals surface area contributed by atoms with Crippen molar-refractivity contribution in [3.8, 4) is 0 Å². The fourth-order valence-electron chi connectivity index (χ4n) is 2.57. The van der Waals surface area contributed by atoms with Crippen molar-refractivity contribution in [3.05, 3.63) is 77.7 Å². The summed E-state index contributed by atoms with van der Waals surface area (Å²) in [5.74, 6) is 0.477. The maximum atomic E-state index is 12.7. The highest BCUT2D eigenvalue weighted by Gasteiger charge is 2.30. The highest BCUT2D eigenvalue weighted by Crippen LogP contribution is 2.25. The highest BCUT2D eigenvalue weighted by molar-refractivity contribution is 5.97. The van der Waals surface area contributed by atoms with E-state index >= 15 is 0 Å². The van der Waals surface area contributed by atoms with E-state index in [9.17, 15) is 4.79 Å². The number of carbonyl (C=O) groups is 1. The van der Waals surface area contributed by atoms with E-state index in [1.54, 1.807) is 17.1 Å². The Kier molecular flexibility index (Phi) is 4.65. The second kappa shape index (κ2) is 6.89. The number of carbonyl (C=O) groups excluding carboxylic acids is 1. The molecule has 5 nitrogen and oxygen atoms in total. The van der Waals surface area contributed by atoms with Crippen molar-refractivity contribution in [1.82, 2.24) is 14.8 Å². The molecule has 0 aliphatic carbocycles. The van der Waals surface area contributed by atoms with E-state index in [1.807, 2.05) is 69.4 Å². The molecule has 0 fully saturated rings. The van der Waals surface area contributed by atoms with Gasteiger partial charge in [-0.25, -0.2) is 0 Å². The van der Waals surface area contributed by atoms with E-state index < -0.39 is 5.41 Å². The fraction of sp³-hybridized carbons (Fsp3) is 0.250. The normalized spacial score (nSPS) is 11.3. The van der Waals surface area contributed by atoms with Crippen LogP contribution in [0.1, 0.15) is 30.5 Å². The molecule has 0 aliphatic rings. The SMILES string of the molecule is Cc1ccc(C(C)(C)C(=O)Nc2ccn(Cc3ccncc3)n2)cc1. The molecule has 1 N–H and O–H groups in total. The molecule has 0 saturated heterocycles. The maximum Gasteiger partial charge on any atom is 0.235 e. The largest absolute Gasteiger partial charge is 0.308 e. The zero-order valence-electron chi connectivity index (χ0n) is 14.7. The van der Waals surface area contributed by atoms with Gasteiger partial charge >= 0.3 is 0 Å². The Balaban J connectivity index is 1.69. The number of benzene rings is 1. The topological polar surface area (TPSA) is 59.8 Å². The Morgan fingerprint density at radius 1 is 1.08 bits per heavy atom. The number of amides is 1. The minimum absolute atomic E-state index is 0.0782. The summed E-state index contributed by atoms with van der Waals surface area (Å²) in [5.41, 5.74) is 2.63. The monoisotopic (exact) mass is 334 g/mol. The molecule has 2 aromatic heterocycles. The Bertz CT molecular complexity index is 851. The average molecular weight is 334 g/mol. The van der Waals surface area contributed by atoms with E-state index in [1.165, 1.54) is 5.56 Å². The number of anilines is 1. The van der Waals surface area contributed by atoms with Crippen LogP contribution in [-0.4, -0.2) is 20.7 Å². The van der Waals surface area contributed by atoms with E-state index in [0.29, 0.717) is 12.4 Å². The third-order valence-electron chi connectivity index (χ3n) is 4.32. The number of nitrogens with one attached hydrogen (secondary N) is 1. The van der Waals surface area contributed by atoms with Crippen molar-refractivity contribution >= 4 is 11.7 Å². The first-order chi connectivity index (χ1) is 11.9. The molecule has 0 aliphatic heterocycles. The number of hydrogen-bond donors (Lipinski definition) is 1. The molecule has 0 radical (unpaired) electrons. The summed E-state index contributed by atoms with van der Waals surface area (Å²) in [6, 6.07) is 13.7. The third kappa shape index (κ3) is 3.94. The van der Waals surface area contributed by atoms with Gasteiger partial charge in [-0.2, -0.15) is 5.10 Å². The Morgan fingerprint density at radius 3 is 2.44 bits per heavy atom. The van der Waals surface area contributed by atoms with Gasteiger partial charge in [-0.1, -0.05) is 29.8 Å². The van der Waals surface area contributed by atoms with E-state index in [2.05, 4.69) is 15.4 Å². The van der Waals surface area contributed by atoms with Crippen molar-refractivity contribution in [2.75, 3.05) is 5.32 Å². The number of aromatic nitrogens is 3. The molecular weight excluding hydrogens is 312 g/mol. The molecule has 2 heterocycles. The quantitative estimate of drug-likeness (QED) is 0.776. The molecule has 5 heteroatoms. The van der Waals surface area contributed by atoms with Gasteiger partial charge in [-0.3, -0.25) is 14.5 Å². The zero-order valence-corrected chi connectivity index (χ0v) is 14.7. The molecule has 128 valence electrons. The number of hydrogen-bond acceptors (Lipinski definition) is 3. The van der Waals surface area contributed by atoms with E-state index in [4.69, 9.17) is 0 Å². The van der Waals surface area contributed by atoms with Gasteiger partial charge in [-0.05, 0) is 44.0 Å². The number of nitrogens with zero attached hydrogens (tertiary/aromatic N) is 3. The van der Waals surface area contributed by atoms with Crippen molar-refractivity contribution in [1.29, 1.82) is 0 Å². The number of pyridine rings is 1. The van der Waals surface area contributed by atoms with Crippen LogP contribution in [-0.2, 0) is 16.8 Å². The summed E-state index contributed by atoms with van der Waals surface area (Å²) in [6.45, 7) is 6.51. The van der Waals surface area contributed by atoms with Gasteiger partial charge in [0.15, 0.2) is 5.82 Å². The minimum atomic E-state index is -0.636. The standard InChI is InChI=1S/C20H22N4O/c1-15-4-6-17(7-5-15)20(2,3)19(25)22-18-10-13-24(23-18)14-16-8-11-21-12-9-16/h4-13H,14H2,1-3H3,(H,22,23,25). The number of rotatable bonds is 5. The summed E-state index contributed by atoms with van der Waals surface area (Å²) >= 11 is 0. The van der Waals surface area contributed by atoms with Gasteiger partial charge in [0.25, 0.3) is 0 Å². The molecule has 25 heavy (non-hydrogen) atoms. The molecule has 0 bridgehead atoms. The lowest BCUT2D eigenvalue weighted by Gasteiger charge is -2.23.